The second-order valence-corrected chi connectivity index (χ2v) is 24.1. The summed E-state index contributed by atoms with van der Waals surface area (Å²) in [5, 5.41) is 49.1. The molecule has 37 nitrogen and oxygen atoms in total. The van der Waals surface area contributed by atoms with Crippen molar-refractivity contribution in [3.63, 3.8) is 0 Å². The maximum atomic E-state index is 14.0. The van der Waals surface area contributed by atoms with Gasteiger partial charge in [-0.05, 0) is 69.5 Å². The summed E-state index contributed by atoms with van der Waals surface area (Å²) in [5.41, 5.74) is 13.4. The largest absolute Gasteiger partial charge is 0.494 e. The molecular weight excluding hydrogens is 1400 g/mol. The molecule has 2 aromatic carbocycles. The predicted octanol–water partition coefficient (Wildman–Crippen LogP) is -0.446. The molecule has 592 valence electrons. The smallest absolute Gasteiger partial charge is 0.274 e. The number of aliphatic hydroxyl groups excluding tert-OH is 2. The van der Waals surface area contributed by atoms with Gasteiger partial charge in [-0.2, -0.15) is 0 Å². The highest BCUT2D eigenvalue weighted by Gasteiger charge is 2.27. The number of anilines is 2. The minimum Gasteiger partial charge on any atom is -0.494 e. The lowest BCUT2D eigenvalue weighted by molar-refractivity contribution is -0.141. The van der Waals surface area contributed by atoms with Crippen LogP contribution in [0.5, 0.6) is 11.5 Å². The van der Waals surface area contributed by atoms with Crippen LogP contribution >= 0.6 is 0 Å². The number of aromatic nitrogens is 4. The Hall–Kier alpha value is -8.93. The maximum absolute atomic E-state index is 14.0. The molecule has 0 unspecified atom stereocenters. The van der Waals surface area contributed by atoms with Gasteiger partial charge in [0.1, 0.15) is 40.5 Å². The lowest BCUT2D eigenvalue weighted by atomic mass is 10.1. The Bertz CT molecular complexity index is 3580. The Balaban J connectivity index is 0.826. The third kappa shape index (κ3) is 31.8. The summed E-state index contributed by atoms with van der Waals surface area (Å²) in [4.78, 5) is 103. The zero-order valence-corrected chi connectivity index (χ0v) is 61.4. The fourth-order valence-corrected chi connectivity index (χ4v) is 10.8. The van der Waals surface area contributed by atoms with Crippen LogP contribution in [0.3, 0.4) is 0 Å². The Morgan fingerprint density at radius 2 is 0.860 bits per heavy atom. The van der Waals surface area contributed by atoms with Gasteiger partial charge in [-0.25, -0.2) is 9.97 Å². The fourth-order valence-electron chi connectivity index (χ4n) is 10.8. The van der Waals surface area contributed by atoms with Gasteiger partial charge in [0, 0.05) is 107 Å². The van der Waals surface area contributed by atoms with E-state index in [0.29, 0.717) is 173 Å². The number of carbonyl (C=O) groups excluding carboxylic acids is 7. The Labute approximate surface area is 621 Å². The van der Waals surface area contributed by atoms with Gasteiger partial charge < -0.3 is 119 Å². The van der Waals surface area contributed by atoms with Gasteiger partial charge in [-0.15, -0.1) is 0 Å². The molecule has 1 saturated heterocycles. The Morgan fingerprint density at radius 3 is 1.24 bits per heavy atom. The van der Waals surface area contributed by atoms with E-state index in [2.05, 4.69) is 41.4 Å². The van der Waals surface area contributed by atoms with Crippen molar-refractivity contribution in [1.82, 2.24) is 49.8 Å². The van der Waals surface area contributed by atoms with Crippen molar-refractivity contribution in [2.75, 3.05) is 235 Å². The van der Waals surface area contributed by atoms with Crippen molar-refractivity contribution in [2.24, 2.45) is 11.5 Å². The molecule has 0 atom stereocenters. The Kier molecular flexibility index (Phi) is 40.5. The number of methoxy groups -OCH3 is 1. The zero-order chi connectivity index (χ0) is 77.0. The van der Waals surface area contributed by atoms with Gasteiger partial charge in [-0.1, -0.05) is 0 Å². The number of nitrogens with zero attached hydrogens (tertiary/aromatic N) is 7. The number of unbranched alkanes of at least 4 members (excludes halogenated alkanes) is 1. The van der Waals surface area contributed by atoms with Crippen LogP contribution in [0.1, 0.15) is 53.8 Å². The zero-order valence-electron chi connectivity index (χ0n) is 61.4. The summed E-state index contributed by atoms with van der Waals surface area (Å²) in [6, 6.07) is 6.03. The molecule has 0 aliphatic carbocycles. The summed E-state index contributed by atoms with van der Waals surface area (Å²) in [6.07, 6.45) is 6.33. The molecule has 6 rings (SSSR count). The topological polar surface area (TPSA) is 476 Å². The molecule has 4 aromatic rings. The van der Waals surface area contributed by atoms with Gasteiger partial charge in [0.25, 0.3) is 23.6 Å². The number of aliphatic hydroxyl groups is 2. The fraction of sp³-hybridized carbons (Fsp3) is 0.586. The van der Waals surface area contributed by atoms with E-state index >= 15 is 0 Å². The van der Waals surface area contributed by atoms with Crippen LogP contribution in [0.2, 0.25) is 0 Å². The highest BCUT2D eigenvalue weighted by molar-refractivity contribution is 6.14. The first kappa shape index (κ1) is 87.0. The molecule has 13 N–H and O–H groups in total. The summed E-state index contributed by atoms with van der Waals surface area (Å²) in [6.45, 7) is 16.4. The van der Waals surface area contributed by atoms with Crippen molar-refractivity contribution in [3.8, 4) is 11.5 Å². The summed E-state index contributed by atoms with van der Waals surface area (Å²) < 4.78 is 71.4. The van der Waals surface area contributed by atoms with Crippen LogP contribution < -0.4 is 47.5 Å². The Morgan fingerprint density at radius 1 is 0.486 bits per heavy atom. The number of aryl methyl sites for hydroxylation is 2. The van der Waals surface area contributed by atoms with Gasteiger partial charge in [0.15, 0.2) is 0 Å². The quantitative estimate of drug-likeness (QED) is 0.0115. The number of carbonyl (C=O) groups is 7. The molecule has 2 aliphatic heterocycles. The van der Waals surface area contributed by atoms with Crippen molar-refractivity contribution < 1.29 is 101 Å². The molecule has 107 heavy (non-hydrogen) atoms. The first-order chi connectivity index (χ1) is 51.9. The maximum Gasteiger partial charge on any atom is 0.274 e. The number of nitrogens with two attached hydrogens (primary N) is 2. The average Bonchev–Trinajstić information content (AvgIpc) is 1.63. The van der Waals surface area contributed by atoms with Gasteiger partial charge >= 0.3 is 0 Å². The highest BCUT2D eigenvalue weighted by Crippen LogP contribution is 2.34. The van der Waals surface area contributed by atoms with E-state index < -0.39 is 41.4 Å². The van der Waals surface area contributed by atoms with E-state index in [4.69, 9.17) is 84.1 Å². The number of fused-ring (bicyclic) bond motifs is 2. The predicted molar refractivity (Wildman–Crippen MR) is 393 cm³/mol. The molecular formula is C70H106N16O21. The summed E-state index contributed by atoms with van der Waals surface area (Å²) in [7, 11) is 1.42. The number of piperazine rings is 1. The summed E-state index contributed by atoms with van der Waals surface area (Å²) >= 11 is 0. The third-order valence-corrected chi connectivity index (χ3v) is 15.9. The molecule has 4 heterocycles. The number of rotatable bonds is 60. The number of imide groups is 1. The molecule has 2 aliphatic rings. The van der Waals surface area contributed by atoms with Crippen LogP contribution in [0.4, 0.5) is 11.9 Å². The standard InChI is InChI=1S/C70H106N16O21/c1-50(71)43-56(75-9-20-87)67(94)80-69-78-54-45-52(65(73)92)47-58(96-3)63(54)84(69)13-4-5-14-85-64-55(79-70(85)81-68(95)57(44-51(2)72)76-10-21-88)46-53(66(74)93)48-59(64)107-22-6-12-82-15-17-83(18-16-82)19-24-98-26-28-100-30-32-102-34-36-104-38-40-106-42-41-105-39-37-103-35-33-101-31-29-99-27-25-97-23-11-77-60(89)49-86-61(90)7-8-62(86)91/h7-8,43-48,71-72,75-76,87-88H,4-6,9-42,49H2,1-3H3,(H2,73,92)(H2,74,93)(H,77,89)(H,78,80,94)(H,79,81,95)/b56-43-,57-44-,71-50?,72-51?. The van der Waals surface area contributed by atoms with E-state index in [0.717, 1.165) is 56.3 Å². The third-order valence-electron chi connectivity index (χ3n) is 15.9. The van der Waals surface area contributed by atoms with E-state index in [9.17, 15) is 43.8 Å². The second-order valence-electron chi connectivity index (χ2n) is 24.1. The number of primary amides is 2. The van der Waals surface area contributed by atoms with Crippen molar-refractivity contribution in [1.29, 1.82) is 10.8 Å². The van der Waals surface area contributed by atoms with Gasteiger partial charge in [-0.3, -0.25) is 54.0 Å². The van der Waals surface area contributed by atoms with Gasteiger partial charge in [0.05, 0.1) is 170 Å². The molecule has 0 bridgehead atoms. The average molecular weight is 1510 g/mol. The van der Waals surface area contributed by atoms with Crippen LogP contribution in [0.15, 0.2) is 60.0 Å². The molecule has 7 amide bonds. The molecule has 2 aromatic heterocycles. The number of hydrogen-bond donors (Lipinski definition) is 11. The van der Waals surface area contributed by atoms with Crippen LogP contribution in [-0.2, 0) is 84.4 Å². The molecule has 37 heteroatoms. The van der Waals surface area contributed by atoms with Crippen molar-refractivity contribution in [3.05, 3.63) is 71.1 Å². The number of ether oxygens (including phenoxy) is 12. The lowest BCUT2D eigenvalue weighted by Gasteiger charge is -2.34. The lowest BCUT2D eigenvalue weighted by Crippen LogP contribution is -2.47. The van der Waals surface area contributed by atoms with Gasteiger partial charge in [0.2, 0.25) is 29.6 Å². The minimum absolute atomic E-state index is 0.00257. The van der Waals surface area contributed by atoms with Crippen molar-refractivity contribution >= 4 is 86.7 Å². The monoisotopic (exact) mass is 1510 g/mol. The molecule has 0 spiro atoms. The van der Waals surface area contributed by atoms with E-state index in [-0.39, 0.29) is 117 Å². The van der Waals surface area contributed by atoms with E-state index in [1.165, 1.54) is 51.3 Å². The number of hydrogen-bond acceptors (Lipinski definition) is 29. The molecule has 0 radical (unpaired) electrons. The van der Waals surface area contributed by atoms with Crippen LogP contribution in [-0.4, -0.2) is 321 Å². The second kappa shape index (κ2) is 49.8. The summed E-state index contributed by atoms with van der Waals surface area (Å²) in [5.74, 6) is -3.48. The minimum atomic E-state index is -0.724. The number of imidazole rings is 2. The first-order valence-corrected chi connectivity index (χ1v) is 35.6. The number of nitrogens with one attached hydrogen (secondary N) is 7. The number of amides is 7. The van der Waals surface area contributed by atoms with E-state index in [1.54, 1.807) is 15.2 Å². The van der Waals surface area contributed by atoms with E-state index in [1.807, 2.05) is 0 Å². The number of benzene rings is 2. The normalized spacial score (nSPS) is 13.6. The molecule has 1 fully saturated rings. The molecule has 0 saturated carbocycles. The number of allylic oxidation sites excluding steroid dienone is 2. The van der Waals surface area contributed by atoms with Crippen molar-refractivity contribution in [2.45, 2.75) is 46.2 Å². The van der Waals surface area contributed by atoms with Crippen LogP contribution in [0, 0.1) is 10.8 Å². The highest BCUT2D eigenvalue weighted by atomic mass is 16.6. The SMILES string of the molecule is COc1cc(C(N)=O)cc2nc(NC(=O)/C(=C/C(C)=N)NCCO)n(CCCCn3c(NC(=O)/C(=C/C(C)=N)NCCO)nc4cc(C(N)=O)cc(OCCCN5CCN(CCOCCOCCOCCOCCOCCOCCOCCOCCOCCOCCNC(=O)CN6C(=O)C=CC6=O)CC5)c43)c12. The van der Waals surface area contributed by atoms with Crippen LogP contribution in [0.25, 0.3) is 22.1 Å². The first-order valence-electron chi connectivity index (χ1n) is 35.6.